The van der Waals surface area contributed by atoms with Crippen LogP contribution in [0.3, 0.4) is 0 Å². The Hall–Kier alpha value is -2.64. The summed E-state index contributed by atoms with van der Waals surface area (Å²) in [4.78, 5) is 23.7. The number of aliphatic hydroxyl groups excluding tert-OH is 1. The highest BCUT2D eigenvalue weighted by atomic mass is 16.6. The van der Waals surface area contributed by atoms with Gasteiger partial charge in [0.1, 0.15) is 5.60 Å². The average Bonchev–Trinajstić information content (AvgIpc) is 2.62. The second-order valence-corrected chi connectivity index (χ2v) is 7.77. The monoisotopic (exact) mass is 387 g/mol. The van der Waals surface area contributed by atoms with E-state index in [1.54, 1.807) is 20.8 Å². The van der Waals surface area contributed by atoms with Gasteiger partial charge in [0, 0.05) is 13.1 Å². The van der Waals surface area contributed by atoms with Crippen LogP contribution in [0.4, 0.5) is 4.79 Å². The first-order valence-corrected chi connectivity index (χ1v) is 9.30. The van der Waals surface area contributed by atoms with Gasteiger partial charge in [0.25, 0.3) is 0 Å². The molecular weight excluding hydrogens is 358 g/mol. The van der Waals surface area contributed by atoms with E-state index in [0.29, 0.717) is 6.42 Å². The predicted molar refractivity (Wildman–Crippen MR) is 109 cm³/mol. The topological polar surface area (TPSA) is 114 Å². The van der Waals surface area contributed by atoms with Gasteiger partial charge >= 0.3 is 6.09 Å². The van der Waals surface area contributed by atoms with E-state index in [1.807, 2.05) is 42.5 Å². The minimum absolute atomic E-state index is 0.0138. The molecule has 0 aliphatic heterocycles. The lowest BCUT2D eigenvalue weighted by Gasteiger charge is -2.21. The van der Waals surface area contributed by atoms with Crippen LogP contribution in [0.15, 0.2) is 42.5 Å². The number of hydrogen-bond donors (Lipinski definition) is 4. The molecule has 0 heterocycles. The number of amides is 2. The van der Waals surface area contributed by atoms with Crippen molar-refractivity contribution >= 4 is 22.8 Å². The molecule has 5 N–H and O–H groups in total. The molecule has 0 fully saturated rings. The molecule has 0 bridgehead atoms. The third kappa shape index (κ3) is 7.17. The standard InChI is InChI=1S/C21H29N3O4/c1-21(2,3)28-20(27)24-13-17(25)12-23-19(26)18(22)11-14-8-9-15-6-4-5-7-16(15)10-14/h4-10,17-18,25H,11-13,22H2,1-3H3,(H,23,26)(H,24,27)/t17?,18-/m1/s1. The molecular formula is C21H29N3O4. The Labute approximate surface area is 165 Å². The molecule has 0 aliphatic rings. The molecule has 0 radical (unpaired) electrons. The van der Waals surface area contributed by atoms with E-state index in [1.165, 1.54) is 0 Å². The normalized spacial score (nSPS) is 13.6. The SMILES string of the molecule is CC(C)(C)OC(=O)NCC(O)CNC(=O)[C@H](N)Cc1ccc2ccccc2c1. The van der Waals surface area contributed by atoms with Gasteiger partial charge in [-0.05, 0) is 43.5 Å². The number of ether oxygens (including phenoxy) is 1. The van der Waals surface area contributed by atoms with Crippen LogP contribution in [0.1, 0.15) is 26.3 Å². The zero-order valence-electron chi connectivity index (χ0n) is 16.6. The zero-order valence-corrected chi connectivity index (χ0v) is 16.6. The van der Waals surface area contributed by atoms with Crippen LogP contribution in [-0.2, 0) is 16.0 Å². The van der Waals surface area contributed by atoms with Gasteiger partial charge in [-0.15, -0.1) is 0 Å². The highest BCUT2D eigenvalue weighted by Gasteiger charge is 2.18. The fourth-order valence-electron chi connectivity index (χ4n) is 2.65. The summed E-state index contributed by atoms with van der Waals surface area (Å²) < 4.78 is 5.08. The molecule has 2 aromatic rings. The summed E-state index contributed by atoms with van der Waals surface area (Å²) in [5, 5.41) is 17.2. The lowest BCUT2D eigenvalue weighted by atomic mass is 10.0. The molecule has 2 aromatic carbocycles. The molecule has 0 aromatic heterocycles. The van der Waals surface area contributed by atoms with Crippen molar-refractivity contribution in [3.05, 3.63) is 48.0 Å². The molecule has 1 unspecified atom stereocenters. The van der Waals surface area contributed by atoms with Crippen molar-refractivity contribution in [3.63, 3.8) is 0 Å². The van der Waals surface area contributed by atoms with Crippen molar-refractivity contribution in [2.24, 2.45) is 5.73 Å². The maximum absolute atomic E-state index is 12.2. The number of nitrogens with one attached hydrogen (secondary N) is 2. The first kappa shape index (κ1) is 21.7. The number of nitrogens with two attached hydrogens (primary N) is 1. The summed E-state index contributed by atoms with van der Waals surface area (Å²) in [5.41, 5.74) is 6.34. The minimum atomic E-state index is -0.940. The van der Waals surface area contributed by atoms with Gasteiger partial charge < -0.3 is 26.2 Å². The Morgan fingerprint density at radius 2 is 1.71 bits per heavy atom. The van der Waals surface area contributed by atoms with E-state index in [9.17, 15) is 14.7 Å². The number of alkyl carbamates (subject to hydrolysis) is 1. The van der Waals surface area contributed by atoms with Gasteiger partial charge in [-0.3, -0.25) is 4.79 Å². The molecule has 2 atom stereocenters. The molecule has 0 spiro atoms. The van der Waals surface area contributed by atoms with Crippen LogP contribution in [-0.4, -0.2) is 47.9 Å². The Bertz CT molecular complexity index is 817. The molecule has 7 heteroatoms. The Morgan fingerprint density at radius 1 is 1.07 bits per heavy atom. The van der Waals surface area contributed by atoms with Crippen molar-refractivity contribution in [3.8, 4) is 0 Å². The molecule has 2 rings (SSSR count). The number of fused-ring (bicyclic) bond motifs is 1. The van der Waals surface area contributed by atoms with E-state index in [0.717, 1.165) is 16.3 Å². The Balaban J connectivity index is 1.76. The van der Waals surface area contributed by atoms with E-state index >= 15 is 0 Å². The molecule has 2 amide bonds. The Kier molecular flexibility index (Phi) is 7.37. The summed E-state index contributed by atoms with van der Waals surface area (Å²) in [6, 6.07) is 13.2. The summed E-state index contributed by atoms with van der Waals surface area (Å²) in [6.45, 7) is 5.20. The van der Waals surface area contributed by atoms with Crippen LogP contribution in [0.5, 0.6) is 0 Å². The second-order valence-electron chi connectivity index (χ2n) is 7.77. The van der Waals surface area contributed by atoms with Gasteiger partial charge in [-0.1, -0.05) is 42.5 Å². The maximum Gasteiger partial charge on any atom is 0.407 e. The predicted octanol–water partition coefficient (Wildman–Crippen LogP) is 1.71. The lowest BCUT2D eigenvalue weighted by Crippen LogP contribution is -2.47. The summed E-state index contributed by atoms with van der Waals surface area (Å²) in [7, 11) is 0. The fraction of sp³-hybridized carbons (Fsp3) is 0.429. The van der Waals surface area contributed by atoms with Crippen molar-refractivity contribution in [1.29, 1.82) is 0 Å². The number of carbonyl (C=O) groups is 2. The largest absolute Gasteiger partial charge is 0.444 e. The third-order valence-corrected chi connectivity index (χ3v) is 4.00. The quantitative estimate of drug-likeness (QED) is 0.578. The number of rotatable bonds is 7. The maximum atomic E-state index is 12.2. The van der Waals surface area contributed by atoms with E-state index in [4.69, 9.17) is 10.5 Å². The van der Waals surface area contributed by atoms with Crippen molar-refractivity contribution in [2.75, 3.05) is 13.1 Å². The van der Waals surface area contributed by atoms with Gasteiger partial charge in [0.15, 0.2) is 0 Å². The molecule has 7 nitrogen and oxygen atoms in total. The van der Waals surface area contributed by atoms with Crippen molar-refractivity contribution in [1.82, 2.24) is 10.6 Å². The van der Waals surface area contributed by atoms with Crippen LogP contribution < -0.4 is 16.4 Å². The zero-order chi connectivity index (χ0) is 20.7. The summed E-state index contributed by atoms with van der Waals surface area (Å²) in [5.74, 6) is -0.357. The van der Waals surface area contributed by atoms with Crippen LogP contribution in [0.2, 0.25) is 0 Å². The highest BCUT2D eigenvalue weighted by Crippen LogP contribution is 2.16. The Morgan fingerprint density at radius 3 is 2.39 bits per heavy atom. The molecule has 0 aliphatic carbocycles. The number of benzene rings is 2. The lowest BCUT2D eigenvalue weighted by molar-refractivity contribution is -0.122. The highest BCUT2D eigenvalue weighted by molar-refractivity contribution is 5.84. The van der Waals surface area contributed by atoms with E-state index in [-0.39, 0.29) is 19.0 Å². The van der Waals surface area contributed by atoms with E-state index in [2.05, 4.69) is 10.6 Å². The van der Waals surface area contributed by atoms with Crippen LogP contribution in [0, 0.1) is 0 Å². The van der Waals surface area contributed by atoms with E-state index < -0.39 is 23.8 Å². The second kappa shape index (κ2) is 9.52. The molecule has 152 valence electrons. The third-order valence-electron chi connectivity index (χ3n) is 4.00. The summed E-state index contributed by atoms with van der Waals surface area (Å²) in [6.07, 6.45) is -1.17. The first-order valence-electron chi connectivity index (χ1n) is 9.30. The van der Waals surface area contributed by atoms with Gasteiger partial charge in [0.2, 0.25) is 5.91 Å². The minimum Gasteiger partial charge on any atom is -0.444 e. The van der Waals surface area contributed by atoms with Crippen molar-refractivity contribution in [2.45, 2.75) is 44.9 Å². The number of hydrogen-bond acceptors (Lipinski definition) is 5. The molecule has 0 saturated heterocycles. The van der Waals surface area contributed by atoms with Gasteiger partial charge in [0.05, 0.1) is 12.1 Å². The number of carbonyl (C=O) groups excluding carboxylic acids is 2. The fourth-order valence-corrected chi connectivity index (χ4v) is 2.65. The van der Waals surface area contributed by atoms with Gasteiger partial charge in [-0.2, -0.15) is 0 Å². The first-order chi connectivity index (χ1) is 13.1. The molecule has 0 saturated carbocycles. The van der Waals surface area contributed by atoms with Crippen LogP contribution in [0.25, 0.3) is 10.8 Å². The van der Waals surface area contributed by atoms with Gasteiger partial charge in [-0.25, -0.2) is 4.79 Å². The molecule has 28 heavy (non-hydrogen) atoms. The average molecular weight is 387 g/mol. The van der Waals surface area contributed by atoms with Crippen molar-refractivity contribution < 1.29 is 19.4 Å². The smallest absolute Gasteiger partial charge is 0.407 e. The number of aliphatic hydroxyl groups is 1. The van der Waals surface area contributed by atoms with Crippen LogP contribution >= 0.6 is 0 Å². The summed E-state index contributed by atoms with van der Waals surface area (Å²) >= 11 is 0.